The summed E-state index contributed by atoms with van der Waals surface area (Å²) in [7, 11) is 0. The second-order valence-electron chi connectivity index (χ2n) is 6.70. The van der Waals surface area contributed by atoms with Crippen molar-refractivity contribution in [3.8, 4) is 0 Å². The van der Waals surface area contributed by atoms with Gasteiger partial charge in [0.05, 0.1) is 6.04 Å². The zero-order chi connectivity index (χ0) is 17.8. The van der Waals surface area contributed by atoms with Gasteiger partial charge >= 0.3 is 0 Å². The number of amides is 2. The third kappa shape index (κ3) is 5.06. The van der Waals surface area contributed by atoms with Crippen LogP contribution in [-0.2, 0) is 9.59 Å². The van der Waals surface area contributed by atoms with E-state index in [1.807, 2.05) is 24.0 Å². The number of carbonyl (C=O) groups excluding carboxylic acids is 2. The maximum Gasteiger partial charge on any atom is 0.246 e. The van der Waals surface area contributed by atoms with E-state index in [0.29, 0.717) is 24.2 Å². The van der Waals surface area contributed by atoms with Crippen molar-refractivity contribution in [2.75, 3.05) is 26.2 Å². The standard InChI is InChI=1S/C19H24ClN3O2/c1-14(19(25)21-17-7-8-17)22-10-12-23(13-11-22)18(24)9-4-15-2-5-16(20)6-3-15/h2-6,9,14,17H,7-8,10-13H2,1H3,(H,21,25)/b9-4+. The predicted octanol–water partition coefficient (Wildman–Crippen LogP) is 2.16. The number of carbonyl (C=O) groups is 2. The van der Waals surface area contributed by atoms with Gasteiger partial charge in [0.1, 0.15) is 0 Å². The molecule has 6 heteroatoms. The van der Waals surface area contributed by atoms with E-state index in [9.17, 15) is 9.59 Å². The average molecular weight is 362 g/mol. The Balaban J connectivity index is 1.46. The van der Waals surface area contributed by atoms with Gasteiger partial charge in [0.2, 0.25) is 11.8 Å². The van der Waals surface area contributed by atoms with Crippen LogP contribution < -0.4 is 5.32 Å². The third-order valence-electron chi connectivity index (χ3n) is 4.77. The smallest absolute Gasteiger partial charge is 0.246 e. The van der Waals surface area contributed by atoms with Crippen LogP contribution in [-0.4, -0.2) is 59.9 Å². The molecule has 1 saturated carbocycles. The molecule has 1 aliphatic heterocycles. The molecule has 134 valence electrons. The molecule has 2 fully saturated rings. The second-order valence-corrected chi connectivity index (χ2v) is 7.14. The lowest BCUT2D eigenvalue weighted by Crippen LogP contribution is -2.55. The molecule has 0 radical (unpaired) electrons. The van der Waals surface area contributed by atoms with Gasteiger partial charge in [0.25, 0.3) is 0 Å². The van der Waals surface area contributed by atoms with E-state index >= 15 is 0 Å². The Hall–Kier alpha value is -1.85. The molecule has 0 spiro atoms. The first-order valence-electron chi connectivity index (χ1n) is 8.80. The van der Waals surface area contributed by atoms with Crippen molar-refractivity contribution in [2.24, 2.45) is 0 Å². The summed E-state index contributed by atoms with van der Waals surface area (Å²) in [6, 6.07) is 7.62. The van der Waals surface area contributed by atoms with Gasteiger partial charge in [-0.15, -0.1) is 0 Å². The molecule has 1 aromatic carbocycles. The summed E-state index contributed by atoms with van der Waals surface area (Å²) in [5.41, 5.74) is 0.946. The third-order valence-corrected chi connectivity index (χ3v) is 5.02. The molecule has 1 heterocycles. The molecule has 0 bridgehead atoms. The molecular weight excluding hydrogens is 338 g/mol. The van der Waals surface area contributed by atoms with E-state index in [4.69, 9.17) is 11.6 Å². The maximum atomic E-state index is 12.3. The molecular formula is C19H24ClN3O2. The van der Waals surface area contributed by atoms with E-state index in [1.165, 1.54) is 0 Å². The van der Waals surface area contributed by atoms with Crippen molar-refractivity contribution >= 4 is 29.5 Å². The Morgan fingerprint density at radius 2 is 1.80 bits per heavy atom. The largest absolute Gasteiger partial charge is 0.352 e. The number of hydrogen-bond donors (Lipinski definition) is 1. The van der Waals surface area contributed by atoms with E-state index in [0.717, 1.165) is 31.5 Å². The fourth-order valence-electron chi connectivity index (χ4n) is 2.89. The summed E-state index contributed by atoms with van der Waals surface area (Å²) in [5.74, 6) is 0.106. The summed E-state index contributed by atoms with van der Waals surface area (Å²) in [5, 5.41) is 3.73. The molecule has 25 heavy (non-hydrogen) atoms. The highest BCUT2D eigenvalue weighted by molar-refractivity contribution is 6.30. The molecule has 1 saturated heterocycles. The maximum absolute atomic E-state index is 12.3. The van der Waals surface area contributed by atoms with E-state index in [-0.39, 0.29) is 17.9 Å². The first-order chi connectivity index (χ1) is 12.0. The number of piperazine rings is 1. The summed E-state index contributed by atoms with van der Waals surface area (Å²) in [6.07, 6.45) is 5.60. The molecule has 0 aromatic heterocycles. The van der Waals surface area contributed by atoms with Crippen LogP contribution in [0.5, 0.6) is 0 Å². The van der Waals surface area contributed by atoms with Gasteiger partial charge < -0.3 is 10.2 Å². The Morgan fingerprint density at radius 3 is 2.40 bits per heavy atom. The first kappa shape index (κ1) is 18.0. The van der Waals surface area contributed by atoms with E-state index in [1.54, 1.807) is 24.3 Å². The number of benzene rings is 1. The van der Waals surface area contributed by atoms with Gasteiger partial charge in [-0.1, -0.05) is 23.7 Å². The summed E-state index contributed by atoms with van der Waals surface area (Å²) >= 11 is 5.86. The molecule has 3 rings (SSSR count). The summed E-state index contributed by atoms with van der Waals surface area (Å²) < 4.78 is 0. The van der Waals surface area contributed by atoms with Crippen LogP contribution in [0, 0.1) is 0 Å². The van der Waals surface area contributed by atoms with Gasteiger partial charge in [0.15, 0.2) is 0 Å². The van der Waals surface area contributed by atoms with Crippen molar-refractivity contribution in [1.29, 1.82) is 0 Å². The molecule has 1 N–H and O–H groups in total. The fourth-order valence-corrected chi connectivity index (χ4v) is 3.02. The number of halogens is 1. The number of nitrogens with zero attached hydrogens (tertiary/aromatic N) is 2. The lowest BCUT2D eigenvalue weighted by atomic mass is 10.2. The predicted molar refractivity (Wildman–Crippen MR) is 99.3 cm³/mol. The highest BCUT2D eigenvalue weighted by Gasteiger charge is 2.30. The number of nitrogens with one attached hydrogen (secondary N) is 1. The molecule has 5 nitrogen and oxygen atoms in total. The Kier molecular flexibility index (Phi) is 5.76. The molecule has 1 unspecified atom stereocenters. The van der Waals surface area contributed by atoms with E-state index < -0.39 is 0 Å². The average Bonchev–Trinajstić information content (AvgIpc) is 3.44. The Bertz CT molecular complexity index is 647. The highest BCUT2D eigenvalue weighted by atomic mass is 35.5. The molecule has 1 aromatic rings. The Morgan fingerprint density at radius 1 is 1.16 bits per heavy atom. The highest BCUT2D eigenvalue weighted by Crippen LogP contribution is 2.19. The van der Waals surface area contributed by atoms with Crippen molar-refractivity contribution < 1.29 is 9.59 Å². The summed E-state index contributed by atoms with van der Waals surface area (Å²) in [4.78, 5) is 28.4. The van der Waals surface area contributed by atoms with Crippen LogP contribution in [0.2, 0.25) is 5.02 Å². The topological polar surface area (TPSA) is 52.7 Å². The van der Waals surface area contributed by atoms with Gasteiger partial charge in [-0.05, 0) is 43.5 Å². The van der Waals surface area contributed by atoms with Crippen molar-refractivity contribution in [3.05, 3.63) is 40.9 Å². The minimum atomic E-state index is -0.137. The van der Waals surface area contributed by atoms with E-state index in [2.05, 4.69) is 10.2 Å². The van der Waals surface area contributed by atoms with Gasteiger partial charge in [-0.3, -0.25) is 14.5 Å². The lowest BCUT2D eigenvalue weighted by Gasteiger charge is -2.37. The summed E-state index contributed by atoms with van der Waals surface area (Å²) in [6.45, 7) is 4.67. The number of rotatable bonds is 5. The first-order valence-corrected chi connectivity index (χ1v) is 9.18. The van der Waals surface area contributed by atoms with Crippen molar-refractivity contribution in [3.63, 3.8) is 0 Å². The second kappa shape index (κ2) is 8.02. The minimum absolute atomic E-state index is 0.00434. The quantitative estimate of drug-likeness (QED) is 0.818. The van der Waals surface area contributed by atoms with Crippen LogP contribution in [0.4, 0.5) is 0 Å². The molecule has 2 amide bonds. The number of hydrogen-bond acceptors (Lipinski definition) is 3. The van der Waals surface area contributed by atoms with Crippen LogP contribution >= 0.6 is 11.6 Å². The minimum Gasteiger partial charge on any atom is -0.352 e. The lowest BCUT2D eigenvalue weighted by molar-refractivity contribution is -0.130. The van der Waals surface area contributed by atoms with Crippen LogP contribution in [0.1, 0.15) is 25.3 Å². The van der Waals surface area contributed by atoms with Crippen LogP contribution in [0.15, 0.2) is 30.3 Å². The Labute approximate surface area is 153 Å². The van der Waals surface area contributed by atoms with Gasteiger partial charge in [0, 0.05) is 43.3 Å². The van der Waals surface area contributed by atoms with Crippen molar-refractivity contribution in [1.82, 2.24) is 15.1 Å². The van der Waals surface area contributed by atoms with Gasteiger partial charge in [-0.25, -0.2) is 0 Å². The van der Waals surface area contributed by atoms with Crippen LogP contribution in [0.3, 0.4) is 0 Å². The molecule has 1 atom stereocenters. The monoisotopic (exact) mass is 361 g/mol. The molecule has 2 aliphatic rings. The zero-order valence-electron chi connectivity index (χ0n) is 14.5. The van der Waals surface area contributed by atoms with Gasteiger partial charge in [-0.2, -0.15) is 0 Å². The van der Waals surface area contributed by atoms with Crippen molar-refractivity contribution in [2.45, 2.75) is 31.8 Å². The van der Waals surface area contributed by atoms with Crippen LogP contribution in [0.25, 0.3) is 6.08 Å². The SMILES string of the molecule is CC(C(=O)NC1CC1)N1CCN(C(=O)/C=C/c2ccc(Cl)cc2)CC1. The molecule has 1 aliphatic carbocycles. The fraction of sp³-hybridized carbons (Fsp3) is 0.474. The zero-order valence-corrected chi connectivity index (χ0v) is 15.2. The normalized spacial score (nSPS) is 19.8.